The fourth-order valence-corrected chi connectivity index (χ4v) is 3.35. The maximum Gasteiger partial charge on any atom is 0.233 e. The molecule has 172 valence electrons. The highest BCUT2D eigenvalue weighted by molar-refractivity contribution is 6.00. The number of nitrogens with zero attached hydrogens (tertiary/aromatic N) is 6. The highest BCUT2D eigenvalue weighted by Crippen LogP contribution is 2.27. The molecule has 1 amide bonds. The Morgan fingerprint density at radius 1 is 1.31 bits per heavy atom. The number of imidazole rings is 1. The summed E-state index contributed by atoms with van der Waals surface area (Å²) in [7, 11) is 0. The first-order valence-corrected chi connectivity index (χ1v) is 10.9. The van der Waals surface area contributed by atoms with Crippen molar-refractivity contribution in [2.24, 2.45) is 11.3 Å². The molecular formula is C21H31N9O2. The second-order valence-corrected chi connectivity index (χ2v) is 9.37. The number of hydrogen-bond acceptors (Lipinski definition) is 8. The maximum absolute atomic E-state index is 12.8. The van der Waals surface area contributed by atoms with Crippen molar-refractivity contribution < 1.29 is 9.53 Å². The number of aromatic nitrogens is 6. The average molecular weight is 442 g/mol. The lowest BCUT2D eigenvalue weighted by Crippen LogP contribution is -2.46. The van der Waals surface area contributed by atoms with E-state index in [-0.39, 0.29) is 12.1 Å². The Labute approximate surface area is 187 Å². The standard InChI is InChI=1S/C21H31N9O2/c1-13(2)11-29-17-15(25-20(29)30-9-6-7-23-30)16(26-18(31)21(3,4)5)27-19(28-17)24-14-12-32-10-8-22-14/h6-7,9,13-14,22H,8,10-12H2,1-5H3,(H2,24,26,27,28,31). The minimum atomic E-state index is -0.588. The Bertz CT molecular complexity index is 1080. The van der Waals surface area contributed by atoms with Gasteiger partial charge in [-0.1, -0.05) is 34.6 Å². The molecule has 0 bridgehead atoms. The van der Waals surface area contributed by atoms with Crippen molar-refractivity contribution in [3.05, 3.63) is 18.5 Å². The van der Waals surface area contributed by atoms with E-state index < -0.39 is 5.41 Å². The first-order valence-electron chi connectivity index (χ1n) is 10.9. The van der Waals surface area contributed by atoms with Crippen LogP contribution in [0.2, 0.25) is 0 Å². The van der Waals surface area contributed by atoms with Crippen LogP contribution in [0.4, 0.5) is 11.8 Å². The van der Waals surface area contributed by atoms with Gasteiger partial charge in [-0.2, -0.15) is 15.1 Å². The molecule has 4 heterocycles. The fourth-order valence-electron chi connectivity index (χ4n) is 3.35. The summed E-state index contributed by atoms with van der Waals surface area (Å²) >= 11 is 0. The van der Waals surface area contributed by atoms with Crippen LogP contribution in [0.3, 0.4) is 0 Å². The molecule has 1 atom stereocenters. The Hall–Kier alpha value is -3.05. The minimum absolute atomic E-state index is 0.126. The van der Waals surface area contributed by atoms with Crippen LogP contribution < -0.4 is 16.0 Å². The number of nitrogens with one attached hydrogen (secondary N) is 3. The Morgan fingerprint density at radius 2 is 2.12 bits per heavy atom. The summed E-state index contributed by atoms with van der Waals surface area (Å²) in [6, 6.07) is 1.84. The predicted molar refractivity (Wildman–Crippen MR) is 122 cm³/mol. The molecule has 1 fully saturated rings. The average Bonchev–Trinajstić information content (AvgIpc) is 3.36. The van der Waals surface area contributed by atoms with E-state index in [1.54, 1.807) is 10.9 Å². The third kappa shape index (κ3) is 4.73. The van der Waals surface area contributed by atoms with E-state index in [1.807, 2.05) is 37.6 Å². The molecule has 11 heteroatoms. The van der Waals surface area contributed by atoms with E-state index in [4.69, 9.17) is 14.7 Å². The van der Waals surface area contributed by atoms with Gasteiger partial charge in [-0.25, -0.2) is 9.67 Å². The van der Waals surface area contributed by atoms with Crippen LogP contribution in [0.15, 0.2) is 18.5 Å². The predicted octanol–water partition coefficient (Wildman–Crippen LogP) is 2.01. The summed E-state index contributed by atoms with van der Waals surface area (Å²) in [5.74, 6) is 1.57. The van der Waals surface area contributed by atoms with Crippen LogP contribution in [0, 0.1) is 11.3 Å². The van der Waals surface area contributed by atoms with E-state index in [0.717, 1.165) is 6.54 Å². The lowest BCUT2D eigenvalue weighted by atomic mass is 9.96. The molecule has 1 aliphatic heterocycles. The summed E-state index contributed by atoms with van der Waals surface area (Å²) in [5.41, 5.74) is 0.560. The number of rotatable bonds is 6. The molecule has 3 aromatic heterocycles. The molecule has 0 spiro atoms. The summed E-state index contributed by atoms with van der Waals surface area (Å²) < 4.78 is 9.24. The molecule has 1 unspecified atom stereocenters. The molecule has 4 rings (SSSR count). The number of morpholine rings is 1. The van der Waals surface area contributed by atoms with Gasteiger partial charge in [-0.3, -0.25) is 14.7 Å². The van der Waals surface area contributed by atoms with Crippen LogP contribution >= 0.6 is 0 Å². The first-order chi connectivity index (χ1) is 15.2. The third-order valence-electron chi connectivity index (χ3n) is 4.97. The van der Waals surface area contributed by atoms with Crippen molar-refractivity contribution >= 4 is 28.8 Å². The SMILES string of the molecule is CC(C)Cn1c(-n2cccn2)nc2c(NC(=O)C(C)(C)C)nc(NC3COCCN3)nc21. The van der Waals surface area contributed by atoms with E-state index in [2.05, 4.69) is 39.9 Å². The minimum Gasteiger partial charge on any atom is -0.377 e. The number of anilines is 2. The smallest absolute Gasteiger partial charge is 0.233 e. The van der Waals surface area contributed by atoms with Crippen molar-refractivity contribution in [3.63, 3.8) is 0 Å². The van der Waals surface area contributed by atoms with Gasteiger partial charge in [0.25, 0.3) is 0 Å². The third-order valence-corrected chi connectivity index (χ3v) is 4.97. The van der Waals surface area contributed by atoms with Crippen LogP contribution in [0.5, 0.6) is 0 Å². The number of carbonyl (C=O) groups excluding carboxylic acids is 1. The molecule has 32 heavy (non-hydrogen) atoms. The van der Waals surface area contributed by atoms with Crippen molar-refractivity contribution in [1.29, 1.82) is 0 Å². The summed E-state index contributed by atoms with van der Waals surface area (Å²) in [6.07, 6.45) is 3.41. The molecule has 3 aromatic rings. The van der Waals surface area contributed by atoms with E-state index in [9.17, 15) is 4.79 Å². The van der Waals surface area contributed by atoms with E-state index in [1.165, 1.54) is 0 Å². The molecular weight excluding hydrogens is 410 g/mol. The molecule has 0 aliphatic carbocycles. The summed E-state index contributed by atoms with van der Waals surface area (Å²) in [5, 5.41) is 13.9. The number of amides is 1. The quantitative estimate of drug-likeness (QED) is 0.531. The van der Waals surface area contributed by atoms with Crippen LogP contribution in [-0.2, 0) is 16.1 Å². The number of carbonyl (C=O) groups is 1. The normalized spacial score (nSPS) is 17.1. The molecule has 0 saturated carbocycles. The molecule has 0 radical (unpaired) electrons. The highest BCUT2D eigenvalue weighted by atomic mass is 16.5. The molecule has 0 aromatic carbocycles. The first kappa shape index (κ1) is 22.2. The number of hydrogen-bond donors (Lipinski definition) is 3. The zero-order chi connectivity index (χ0) is 22.9. The zero-order valence-corrected chi connectivity index (χ0v) is 19.2. The van der Waals surface area contributed by atoms with Crippen molar-refractivity contribution in [1.82, 2.24) is 34.6 Å². The molecule has 3 N–H and O–H groups in total. The monoisotopic (exact) mass is 441 g/mol. The van der Waals surface area contributed by atoms with Crippen molar-refractivity contribution in [2.75, 3.05) is 30.4 Å². The number of ether oxygens (including phenoxy) is 1. The lowest BCUT2D eigenvalue weighted by molar-refractivity contribution is -0.123. The Morgan fingerprint density at radius 3 is 2.75 bits per heavy atom. The van der Waals surface area contributed by atoms with E-state index >= 15 is 0 Å². The summed E-state index contributed by atoms with van der Waals surface area (Å²) in [6.45, 7) is 12.4. The second kappa shape index (κ2) is 8.83. The Kier molecular flexibility index (Phi) is 6.11. The van der Waals surface area contributed by atoms with Gasteiger partial charge in [-0.15, -0.1) is 0 Å². The van der Waals surface area contributed by atoms with Gasteiger partial charge in [0.05, 0.1) is 13.2 Å². The maximum atomic E-state index is 12.8. The molecule has 1 aliphatic rings. The van der Waals surface area contributed by atoms with Gasteiger partial charge in [0.1, 0.15) is 6.17 Å². The van der Waals surface area contributed by atoms with Gasteiger partial charge < -0.3 is 15.4 Å². The lowest BCUT2D eigenvalue weighted by Gasteiger charge is -2.25. The van der Waals surface area contributed by atoms with Crippen molar-refractivity contribution in [3.8, 4) is 5.95 Å². The van der Waals surface area contributed by atoms with Gasteiger partial charge in [0.15, 0.2) is 17.0 Å². The van der Waals surface area contributed by atoms with Gasteiger partial charge >= 0.3 is 0 Å². The van der Waals surface area contributed by atoms with Gasteiger partial charge in [0.2, 0.25) is 17.8 Å². The Balaban J connectivity index is 1.84. The highest BCUT2D eigenvalue weighted by Gasteiger charge is 2.26. The molecule has 1 saturated heterocycles. The summed E-state index contributed by atoms with van der Waals surface area (Å²) in [4.78, 5) is 27.0. The second-order valence-electron chi connectivity index (χ2n) is 9.37. The van der Waals surface area contributed by atoms with Crippen LogP contribution in [-0.4, -0.2) is 61.1 Å². The van der Waals surface area contributed by atoms with Crippen LogP contribution in [0.1, 0.15) is 34.6 Å². The number of fused-ring (bicyclic) bond motifs is 1. The largest absolute Gasteiger partial charge is 0.377 e. The fraction of sp³-hybridized carbons (Fsp3) is 0.571. The van der Waals surface area contributed by atoms with Gasteiger partial charge in [-0.05, 0) is 12.0 Å². The van der Waals surface area contributed by atoms with E-state index in [0.29, 0.717) is 54.6 Å². The van der Waals surface area contributed by atoms with Crippen molar-refractivity contribution in [2.45, 2.75) is 47.3 Å². The topological polar surface area (TPSA) is 124 Å². The van der Waals surface area contributed by atoms with Crippen LogP contribution in [0.25, 0.3) is 17.1 Å². The van der Waals surface area contributed by atoms with Gasteiger partial charge in [0, 0.05) is 30.9 Å². The molecule has 11 nitrogen and oxygen atoms in total. The zero-order valence-electron chi connectivity index (χ0n) is 19.2.